The molecule has 1 heterocycles. The number of hydrogen-bond acceptors (Lipinski definition) is 2. The number of para-hydroxylation sites is 1. The average Bonchev–Trinajstić information content (AvgIpc) is 2.69. The quantitative estimate of drug-likeness (QED) is 0.838. The van der Waals surface area contributed by atoms with Crippen LogP contribution in [0.15, 0.2) is 30.5 Å². The summed E-state index contributed by atoms with van der Waals surface area (Å²) in [6, 6.07) is 8.22. The van der Waals surface area contributed by atoms with Gasteiger partial charge in [0.15, 0.2) is 0 Å². The van der Waals surface area contributed by atoms with Crippen molar-refractivity contribution >= 4 is 16.8 Å². The Morgan fingerprint density at radius 1 is 1.44 bits per heavy atom. The summed E-state index contributed by atoms with van der Waals surface area (Å²) in [5.74, 6) is -0.425. The fourth-order valence-corrected chi connectivity index (χ4v) is 2.19. The molecule has 2 rings (SSSR count). The maximum atomic E-state index is 11.2. The van der Waals surface area contributed by atoms with Crippen LogP contribution in [0, 0.1) is 5.92 Å². The van der Waals surface area contributed by atoms with Gasteiger partial charge in [-0.3, -0.25) is 4.79 Å². The molecule has 18 heavy (non-hydrogen) atoms. The summed E-state index contributed by atoms with van der Waals surface area (Å²) in [5.41, 5.74) is 7.72. The van der Waals surface area contributed by atoms with Crippen LogP contribution in [0.3, 0.4) is 0 Å². The van der Waals surface area contributed by atoms with Crippen molar-refractivity contribution in [2.24, 2.45) is 11.7 Å². The highest BCUT2D eigenvalue weighted by atomic mass is 16.1. The van der Waals surface area contributed by atoms with Crippen LogP contribution in [-0.2, 0) is 17.9 Å². The number of carbonyl (C=O) groups is 1. The summed E-state index contributed by atoms with van der Waals surface area (Å²) in [7, 11) is 1.93. The Morgan fingerprint density at radius 3 is 2.83 bits per heavy atom. The van der Waals surface area contributed by atoms with Gasteiger partial charge in [-0.15, -0.1) is 0 Å². The fourth-order valence-electron chi connectivity index (χ4n) is 2.19. The first-order valence-electron chi connectivity index (χ1n) is 6.14. The van der Waals surface area contributed by atoms with E-state index in [1.807, 2.05) is 26.1 Å². The minimum Gasteiger partial charge on any atom is -0.369 e. The SMILES string of the molecule is CNCc1cn(CC(C)C(N)=O)c2ccccc12. The molecular weight excluding hydrogens is 226 g/mol. The second kappa shape index (κ2) is 5.23. The average molecular weight is 245 g/mol. The molecule has 0 bridgehead atoms. The smallest absolute Gasteiger partial charge is 0.222 e. The topological polar surface area (TPSA) is 60.1 Å². The van der Waals surface area contributed by atoms with Crippen molar-refractivity contribution in [3.8, 4) is 0 Å². The molecule has 1 aromatic heterocycles. The van der Waals surface area contributed by atoms with Crippen molar-refractivity contribution in [2.45, 2.75) is 20.0 Å². The Bertz CT molecular complexity index is 559. The zero-order chi connectivity index (χ0) is 13.1. The van der Waals surface area contributed by atoms with Crippen LogP contribution in [0.5, 0.6) is 0 Å². The van der Waals surface area contributed by atoms with E-state index < -0.39 is 0 Å². The van der Waals surface area contributed by atoms with E-state index in [-0.39, 0.29) is 11.8 Å². The van der Waals surface area contributed by atoms with Gasteiger partial charge in [0.05, 0.1) is 5.92 Å². The maximum Gasteiger partial charge on any atom is 0.222 e. The highest BCUT2D eigenvalue weighted by Gasteiger charge is 2.13. The Balaban J connectivity index is 2.41. The minimum absolute atomic E-state index is 0.164. The van der Waals surface area contributed by atoms with E-state index in [4.69, 9.17) is 5.73 Å². The zero-order valence-electron chi connectivity index (χ0n) is 10.8. The third-order valence-electron chi connectivity index (χ3n) is 3.19. The molecule has 0 fully saturated rings. The summed E-state index contributed by atoms with van der Waals surface area (Å²) in [5, 5.41) is 4.39. The van der Waals surface area contributed by atoms with Crippen molar-refractivity contribution in [1.82, 2.24) is 9.88 Å². The molecule has 1 atom stereocenters. The van der Waals surface area contributed by atoms with E-state index in [0.29, 0.717) is 6.54 Å². The third kappa shape index (κ3) is 2.38. The van der Waals surface area contributed by atoms with Crippen LogP contribution in [0.4, 0.5) is 0 Å². The third-order valence-corrected chi connectivity index (χ3v) is 3.19. The van der Waals surface area contributed by atoms with E-state index in [1.165, 1.54) is 10.9 Å². The summed E-state index contributed by atoms with van der Waals surface area (Å²) >= 11 is 0. The first kappa shape index (κ1) is 12.6. The highest BCUT2D eigenvalue weighted by Crippen LogP contribution is 2.22. The van der Waals surface area contributed by atoms with Crippen molar-refractivity contribution < 1.29 is 4.79 Å². The van der Waals surface area contributed by atoms with Crippen LogP contribution in [0.2, 0.25) is 0 Å². The summed E-state index contributed by atoms with van der Waals surface area (Å²) in [6.45, 7) is 3.30. The molecule has 0 saturated carbocycles. The number of amides is 1. The Hall–Kier alpha value is -1.81. The lowest BCUT2D eigenvalue weighted by molar-refractivity contribution is -0.121. The van der Waals surface area contributed by atoms with Crippen LogP contribution < -0.4 is 11.1 Å². The minimum atomic E-state index is -0.261. The van der Waals surface area contributed by atoms with Gasteiger partial charge in [-0.1, -0.05) is 25.1 Å². The van der Waals surface area contributed by atoms with Crippen LogP contribution in [-0.4, -0.2) is 17.5 Å². The molecule has 4 nitrogen and oxygen atoms in total. The van der Waals surface area contributed by atoms with Crippen LogP contribution >= 0.6 is 0 Å². The molecule has 1 aromatic carbocycles. The molecule has 3 N–H and O–H groups in total. The van der Waals surface area contributed by atoms with E-state index >= 15 is 0 Å². The lowest BCUT2D eigenvalue weighted by atomic mass is 10.1. The highest BCUT2D eigenvalue weighted by molar-refractivity contribution is 5.84. The van der Waals surface area contributed by atoms with Gasteiger partial charge in [0.2, 0.25) is 5.91 Å². The number of carbonyl (C=O) groups excluding carboxylic acids is 1. The summed E-state index contributed by atoms with van der Waals surface area (Å²) in [6.07, 6.45) is 2.10. The van der Waals surface area contributed by atoms with Gasteiger partial charge in [-0.2, -0.15) is 0 Å². The number of rotatable bonds is 5. The number of primary amides is 1. The molecule has 96 valence electrons. The lowest BCUT2D eigenvalue weighted by Crippen LogP contribution is -2.24. The van der Waals surface area contributed by atoms with Crippen molar-refractivity contribution in [2.75, 3.05) is 7.05 Å². The molecule has 2 aromatic rings. The number of benzene rings is 1. The molecule has 0 aliphatic rings. The van der Waals surface area contributed by atoms with Gasteiger partial charge < -0.3 is 15.6 Å². The van der Waals surface area contributed by atoms with Crippen molar-refractivity contribution in [1.29, 1.82) is 0 Å². The second-order valence-electron chi connectivity index (χ2n) is 4.66. The molecule has 0 saturated heterocycles. The predicted octanol–water partition coefficient (Wildman–Crippen LogP) is 1.48. The van der Waals surface area contributed by atoms with Gasteiger partial charge in [-0.05, 0) is 18.7 Å². The number of hydrogen-bond donors (Lipinski definition) is 2. The van der Waals surface area contributed by atoms with Gasteiger partial charge in [0.25, 0.3) is 0 Å². The number of nitrogens with zero attached hydrogens (tertiary/aromatic N) is 1. The van der Waals surface area contributed by atoms with E-state index in [0.717, 1.165) is 12.1 Å². The molecule has 1 amide bonds. The molecule has 4 heteroatoms. The van der Waals surface area contributed by atoms with E-state index in [9.17, 15) is 4.79 Å². The number of aromatic nitrogens is 1. The predicted molar refractivity (Wildman–Crippen MR) is 73.1 cm³/mol. The molecular formula is C14H19N3O. The largest absolute Gasteiger partial charge is 0.369 e. The van der Waals surface area contributed by atoms with Crippen molar-refractivity contribution in [3.05, 3.63) is 36.0 Å². The molecule has 0 aliphatic heterocycles. The van der Waals surface area contributed by atoms with Gasteiger partial charge in [0, 0.05) is 30.2 Å². The molecule has 0 radical (unpaired) electrons. The normalized spacial score (nSPS) is 12.8. The zero-order valence-corrected chi connectivity index (χ0v) is 10.8. The molecule has 1 unspecified atom stereocenters. The number of nitrogens with two attached hydrogens (primary N) is 1. The Morgan fingerprint density at radius 2 is 2.17 bits per heavy atom. The monoisotopic (exact) mass is 245 g/mol. The second-order valence-corrected chi connectivity index (χ2v) is 4.66. The fraction of sp³-hybridized carbons (Fsp3) is 0.357. The van der Waals surface area contributed by atoms with E-state index in [1.54, 1.807) is 0 Å². The standard InChI is InChI=1S/C14H19N3O/c1-10(14(15)18)8-17-9-11(7-16-2)12-5-3-4-6-13(12)17/h3-6,9-10,16H,7-8H2,1-2H3,(H2,15,18). The Labute approximate surface area is 107 Å². The van der Waals surface area contributed by atoms with E-state index in [2.05, 4.69) is 28.2 Å². The van der Waals surface area contributed by atoms with Gasteiger partial charge in [0.1, 0.15) is 0 Å². The number of nitrogens with one attached hydrogen (secondary N) is 1. The molecule has 0 aliphatic carbocycles. The first-order valence-corrected chi connectivity index (χ1v) is 6.14. The van der Waals surface area contributed by atoms with Gasteiger partial charge in [-0.25, -0.2) is 0 Å². The molecule has 0 spiro atoms. The van der Waals surface area contributed by atoms with Crippen molar-refractivity contribution in [3.63, 3.8) is 0 Å². The van der Waals surface area contributed by atoms with Gasteiger partial charge >= 0.3 is 0 Å². The van der Waals surface area contributed by atoms with Crippen LogP contribution in [0.25, 0.3) is 10.9 Å². The number of fused-ring (bicyclic) bond motifs is 1. The summed E-state index contributed by atoms with van der Waals surface area (Å²) < 4.78 is 2.11. The Kier molecular flexibility index (Phi) is 3.67. The summed E-state index contributed by atoms with van der Waals surface area (Å²) in [4.78, 5) is 11.2. The lowest BCUT2D eigenvalue weighted by Gasteiger charge is -2.09. The maximum absolute atomic E-state index is 11.2. The first-order chi connectivity index (χ1) is 8.63. The van der Waals surface area contributed by atoms with Crippen LogP contribution in [0.1, 0.15) is 12.5 Å².